The van der Waals surface area contributed by atoms with E-state index in [0.29, 0.717) is 5.75 Å². The Kier molecular flexibility index (Phi) is 6.21. The summed E-state index contributed by atoms with van der Waals surface area (Å²) in [5, 5.41) is 11.0. The molecular weight excluding hydrogens is 395 g/mol. The van der Waals surface area contributed by atoms with Crippen molar-refractivity contribution in [3.8, 4) is 5.75 Å². The molecule has 1 saturated heterocycles. The zero-order chi connectivity index (χ0) is 24.1. The highest BCUT2D eigenvalue weighted by atomic mass is 16.7. The lowest BCUT2D eigenvalue weighted by Gasteiger charge is -2.32. The molecule has 32 heavy (non-hydrogen) atoms. The summed E-state index contributed by atoms with van der Waals surface area (Å²) in [7, 11) is -0.361. The highest BCUT2D eigenvalue weighted by molar-refractivity contribution is 6.62. The minimum Gasteiger partial charge on any atom is -0.507 e. The molecule has 2 aromatic rings. The summed E-state index contributed by atoms with van der Waals surface area (Å²) in [4.78, 5) is 0. The first kappa shape index (κ1) is 24.6. The fourth-order valence-corrected chi connectivity index (χ4v) is 3.72. The molecule has 1 aliphatic heterocycles. The third-order valence-electron chi connectivity index (χ3n) is 6.73. The van der Waals surface area contributed by atoms with Crippen molar-refractivity contribution in [2.24, 2.45) is 0 Å². The molecule has 0 aromatic heterocycles. The van der Waals surface area contributed by atoms with Crippen molar-refractivity contribution in [2.45, 2.75) is 91.3 Å². The van der Waals surface area contributed by atoms with E-state index in [2.05, 4.69) is 93.5 Å². The van der Waals surface area contributed by atoms with Gasteiger partial charge in [-0.3, -0.25) is 0 Å². The first-order chi connectivity index (χ1) is 14.5. The Balaban J connectivity index is 1.88. The van der Waals surface area contributed by atoms with Gasteiger partial charge in [-0.1, -0.05) is 84.0 Å². The maximum atomic E-state index is 11.0. The molecule has 0 spiro atoms. The topological polar surface area (TPSA) is 38.7 Å². The summed E-state index contributed by atoms with van der Waals surface area (Å²) >= 11 is 0. The molecule has 0 bridgehead atoms. The summed E-state index contributed by atoms with van der Waals surface area (Å²) in [5.74, 6) is 0.357. The van der Waals surface area contributed by atoms with Gasteiger partial charge in [-0.2, -0.15) is 0 Å². The average molecular weight is 434 g/mol. The number of benzene rings is 2. The van der Waals surface area contributed by atoms with Crippen LogP contribution in [0.1, 0.15) is 91.5 Å². The summed E-state index contributed by atoms with van der Waals surface area (Å²) in [6, 6.07) is 12.5. The van der Waals surface area contributed by atoms with Gasteiger partial charge in [-0.25, -0.2) is 0 Å². The third kappa shape index (κ3) is 4.97. The van der Waals surface area contributed by atoms with E-state index in [1.54, 1.807) is 0 Å². The highest BCUT2D eigenvalue weighted by Crippen LogP contribution is 2.39. The van der Waals surface area contributed by atoms with Crippen LogP contribution < -0.4 is 5.46 Å². The zero-order valence-electron chi connectivity index (χ0n) is 21.5. The van der Waals surface area contributed by atoms with Crippen molar-refractivity contribution >= 4 is 24.7 Å². The van der Waals surface area contributed by atoms with Gasteiger partial charge < -0.3 is 14.4 Å². The zero-order valence-corrected chi connectivity index (χ0v) is 21.5. The minimum atomic E-state index is -0.361. The molecule has 3 rings (SSSR count). The van der Waals surface area contributed by atoms with Gasteiger partial charge in [0.1, 0.15) is 5.75 Å². The first-order valence-electron chi connectivity index (χ1n) is 11.5. The molecule has 4 heteroatoms. The summed E-state index contributed by atoms with van der Waals surface area (Å²) < 4.78 is 12.3. The van der Waals surface area contributed by atoms with Crippen LogP contribution in [0.15, 0.2) is 36.4 Å². The van der Waals surface area contributed by atoms with Crippen LogP contribution in [0, 0.1) is 0 Å². The maximum Gasteiger partial charge on any atom is 0.494 e. The van der Waals surface area contributed by atoms with E-state index in [1.165, 1.54) is 5.56 Å². The van der Waals surface area contributed by atoms with Gasteiger partial charge in [0.05, 0.1) is 11.2 Å². The fourth-order valence-electron chi connectivity index (χ4n) is 3.72. The van der Waals surface area contributed by atoms with E-state index in [1.807, 2.05) is 24.3 Å². The second kappa shape index (κ2) is 8.07. The van der Waals surface area contributed by atoms with Crippen molar-refractivity contribution in [3.05, 3.63) is 58.7 Å². The van der Waals surface area contributed by atoms with Gasteiger partial charge in [-0.05, 0) is 61.2 Å². The van der Waals surface area contributed by atoms with Crippen LogP contribution in [-0.2, 0) is 20.1 Å². The third-order valence-corrected chi connectivity index (χ3v) is 6.73. The number of aromatic hydroxyl groups is 1. The number of phenols is 1. The number of rotatable bonds is 3. The maximum absolute atomic E-state index is 11.0. The van der Waals surface area contributed by atoms with Crippen molar-refractivity contribution in [1.29, 1.82) is 0 Å². The molecule has 0 amide bonds. The number of hydrogen-bond acceptors (Lipinski definition) is 3. The predicted molar refractivity (Wildman–Crippen MR) is 137 cm³/mol. The molecule has 1 aliphatic rings. The van der Waals surface area contributed by atoms with E-state index in [0.717, 1.165) is 22.2 Å². The molecular formula is C28H39BO3. The van der Waals surface area contributed by atoms with E-state index in [-0.39, 0.29) is 29.2 Å². The lowest BCUT2D eigenvalue weighted by molar-refractivity contribution is 0.00578. The minimum absolute atomic E-state index is 0.000768. The van der Waals surface area contributed by atoms with Crippen LogP contribution in [0.2, 0.25) is 0 Å². The molecule has 0 radical (unpaired) electrons. The van der Waals surface area contributed by atoms with Crippen molar-refractivity contribution in [1.82, 2.24) is 0 Å². The standard InChI is InChI=1S/C28H39BO3/c1-25(2,3)21-17-20(24(30)23(18-21)26(4,5)6)14-11-19-12-15-22(16-13-19)29-31-27(7,8)28(9,10)32-29/h11-18,30H,1-10H3. The van der Waals surface area contributed by atoms with Crippen LogP contribution in [0.5, 0.6) is 5.75 Å². The molecule has 1 heterocycles. The van der Waals surface area contributed by atoms with Gasteiger partial charge in [0.2, 0.25) is 0 Å². The largest absolute Gasteiger partial charge is 0.507 e. The Labute approximate surface area is 195 Å². The van der Waals surface area contributed by atoms with Gasteiger partial charge in [0, 0.05) is 11.1 Å². The second-order valence-corrected chi connectivity index (χ2v) is 12.0. The molecule has 0 saturated carbocycles. The Bertz CT molecular complexity index is 987. The Morgan fingerprint density at radius 1 is 0.781 bits per heavy atom. The molecule has 1 N–H and O–H groups in total. The van der Waals surface area contributed by atoms with Crippen LogP contribution >= 0.6 is 0 Å². The van der Waals surface area contributed by atoms with Crippen molar-refractivity contribution < 1.29 is 14.4 Å². The van der Waals surface area contributed by atoms with Crippen LogP contribution in [0.4, 0.5) is 0 Å². The molecule has 0 unspecified atom stereocenters. The normalized spacial score (nSPS) is 18.5. The van der Waals surface area contributed by atoms with Crippen LogP contribution in [0.25, 0.3) is 12.2 Å². The van der Waals surface area contributed by atoms with Gasteiger partial charge in [-0.15, -0.1) is 0 Å². The quantitative estimate of drug-likeness (QED) is 0.445. The van der Waals surface area contributed by atoms with E-state index >= 15 is 0 Å². The Morgan fingerprint density at radius 2 is 1.31 bits per heavy atom. The lowest BCUT2D eigenvalue weighted by Crippen LogP contribution is -2.41. The SMILES string of the molecule is CC(C)(C)c1cc(C=Cc2ccc(B3OC(C)(C)C(C)(C)O3)cc2)c(O)c(C(C)(C)C)c1. The molecule has 3 nitrogen and oxygen atoms in total. The molecule has 2 aromatic carbocycles. The molecule has 1 fully saturated rings. The number of hydrogen-bond donors (Lipinski definition) is 1. The average Bonchev–Trinajstić information content (AvgIpc) is 2.86. The summed E-state index contributed by atoms with van der Waals surface area (Å²) in [6.45, 7) is 21.3. The lowest BCUT2D eigenvalue weighted by atomic mass is 9.78. The second-order valence-electron chi connectivity index (χ2n) is 12.0. The van der Waals surface area contributed by atoms with Gasteiger partial charge >= 0.3 is 7.12 Å². The summed E-state index contributed by atoms with van der Waals surface area (Å²) in [6.07, 6.45) is 4.05. The molecule has 0 atom stereocenters. The van der Waals surface area contributed by atoms with E-state index in [4.69, 9.17) is 9.31 Å². The van der Waals surface area contributed by atoms with E-state index < -0.39 is 0 Å². The van der Waals surface area contributed by atoms with Crippen molar-refractivity contribution in [3.63, 3.8) is 0 Å². The highest BCUT2D eigenvalue weighted by Gasteiger charge is 2.51. The van der Waals surface area contributed by atoms with Gasteiger partial charge in [0.15, 0.2) is 0 Å². The van der Waals surface area contributed by atoms with Crippen LogP contribution in [0.3, 0.4) is 0 Å². The van der Waals surface area contributed by atoms with Crippen molar-refractivity contribution in [2.75, 3.05) is 0 Å². The molecule has 172 valence electrons. The Hall–Kier alpha value is -2.04. The summed E-state index contributed by atoms with van der Waals surface area (Å²) in [5.41, 5.74) is 4.26. The van der Waals surface area contributed by atoms with Crippen LogP contribution in [-0.4, -0.2) is 23.4 Å². The monoisotopic (exact) mass is 434 g/mol. The molecule has 0 aliphatic carbocycles. The Morgan fingerprint density at radius 3 is 1.78 bits per heavy atom. The van der Waals surface area contributed by atoms with Gasteiger partial charge in [0.25, 0.3) is 0 Å². The number of phenolic OH excluding ortho intramolecular Hbond substituents is 1. The predicted octanol–water partition coefficient (Wildman–Crippen LogP) is 6.46. The fraction of sp³-hybridized carbons (Fsp3) is 0.500. The van der Waals surface area contributed by atoms with E-state index in [9.17, 15) is 5.11 Å². The first-order valence-corrected chi connectivity index (χ1v) is 11.5. The smallest absolute Gasteiger partial charge is 0.494 e.